The highest BCUT2D eigenvalue weighted by Crippen LogP contribution is 2.44. The second-order valence-corrected chi connectivity index (χ2v) is 15.3. The van der Waals surface area contributed by atoms with Crippen LogP contribution in [-0.2, 0) is 9.47 Å². The molecule has 268 valence electrons. The molecule has 51 heavy (non-hydrogen) atoms. The number of benzene rings is 2. The molecule has 0 aliphatic carbocycles. The minimum Gasteiger partial charge on any atom is -0.444 e. The second kappa shape index (κ2) is 13.6. The van der Waals surface area contributed by atoms with Crippen molar-refractivity contribution >= 4 is 41.2 Å². The maximum Gasteiger partial charge on any atom is 0.410 e. The Hall–Kier alpha value is -4.40. The summed E-state index contributed by atoms with van der Waals surface area (Å²) in [5.41, 5.74) is 0.232. The molecule has 4 saturated heterocycles. The van der Waals surface area contributed by atoms with E-state index in [-0.39, 0.29) is 40.7 Å². The lowest BCUT2D eigenvalue weighted by atomic mass is 9.93. The predicted octanol–water partition coefficient (Wildman–Crippen LogP) is 6.76. The first-order chi connectivity index (χ1) is 24.5. The molecule has 0 N–H and O–H groups in total. The van der Waals surface area contributed by atoms with Crippen molar-refractivity contribution in [3.8, 4) is 12.3 Å². The maximum atomic E-state index is 17.4. The van der Waals surface area contributed by atoms with Gasteiger partial charge in [0, 0.05) is 48.9 Å². The van der Waals surface area contributed by atoms with Crippen LogP contribution in [0.3, 0.4) is 0 Å². The van der Waals surface area contributed by atoms with Gasteiger partial charge >= 0.3 is 6.09 Å². The van der Waals surface area contributed by atoms with E-state index in [1.165, 1.54) is 6.07 Å². The largest absolute Gasteiger partial charge is 0.444 e. The fourth-order valence-electron chi connectivity index (χ4n) is 8.95. The van der Waals surface area contributed by atoms with Gasteiger partial charge in [0.05, 0.1) is 36.4 Å². The highest BCUT2D eigenvalue weighted by atomic mass is 19.1. The number of amides is 1. The van der Waals surface area contributed by atoms with Gasteiger partial charge in [-0.3, -0.25) is 19.8 Å². The molecule has 3 unspecified atom stereocenters. The van der Waals surface area contributed by atoms with Crippen LogP contribution in [0.1, 0.15) is 70.4 Å². The second-order valence-electron chi connectivity index (χ2n) is 15.3. The number of halogens is 2. The van der Waals surface area contributed by atoms with Crippen molar-refractivity contribution in [2.24, 2.45) is 15.0 Å². The summed E-state index contributed by atoms with van der Waals surface area (Å²) in [4.78, 5) is 33.9. The summed E-state index contributed by atoms with van der Waals surface area (Å²) in [5, 5.41) is 1.10. The predicted molar refractivity (Wildman–Crippen MR) is 197 cm³/mol. The zero-order valence-corrected chi connectivity index (χ0v) is 29.9. The van der Waals surface area contributed by atoms with Crippen LogP contribution in [0.4, 0.5) is 13.6 Å². The van der Waals surface area contributed by atoms with Gasteiger partial charge in [-0.1, -0.05) is 30.2 Å². The Kier molecular flexibility index (Phi) is 9.35. The zero-order valence-electron chi connectivity index (χ0n) is 29.9. The molecule has 4 atom stereocenters. The number of likely N-dealkylation sites (tertiary alicyclic amines) is 1. The average molecular weight is 697 g/mol. The zero-order chi connectivity index (χ0) is 36.1. The van der Waals surface area contributed by atoms with Crippen LogP contribution in [0.25, 0.3) is 16.5 Å². The number of methoxy groups -OCH3 is 1. The third-order valence-corrected chi connectivity index (χ3v) is 11.1. The first-order valence-electron chi connectivity index (χ1n) is 17.9. The quantitative estimate of drug-likeness (QED) is 0.236. The smallest absolute Gasteiger partial charge is 0.410 e. The molecule has 4 fully saturated rings. The van der Waals surface area contributed by atoms with Crippen LogP contribution >= 0.6 is 0 Å². The van der Waals surface area contributed by atoms with Crippen molar-refractivity contribution in [3.63, 3.8) is 0 Å². The molecule has 0 aromatic heterocycles. The van der Waals surface area contributed by atoms with Crippen molar-refractivity contribution in [1.82, 2.24) is 14.7 Å². The van der Waals surface area contributed by atoms with E-state index >= 15 is 4.39 Å². The highest BCUT2D eigenvalue weighted by Gasteiger charge is 2.49. The van der Waals surface area contributed by atoms with Crippen LogP contribution in [0.15, 0.2) is 62.5 Å². The van der Waals surface area contributed by atoms with Gasteiger partial charge in [-0.15, -0.1) is 6.42 Å². The molecule has 5 heterocycles. The summed E-state index contributed by atoms with van der Waals surface area (Å²) in [5.74, 6) is 1.75. The molecule has 5 aliphatic heterocycles. The first kappa shape index (κ1) is 35.0. The van der Waals surface area contributed by atoms with Gasteiger partial charge in [-0.05, 0) is 84.0 Å². The molecular weight excluding hydrogens is 650 g/mol. The number of carbonyl (C=O) groups excluding carboxylic acids is 1. The molecule has 7 rings (SSSR count). The number of carbonyl (C=O) groups is 1. The third kappa shape index (κ3) is 6.27. The van der Waals surface area contributed by atoms with E-state index in [4.69, 9.17) is 20.9 Å². The maximum absolute atomic E-state index is 17.4. The highest BCUT2D eigenvalue weighted by molar-refractivity contribution is 6.29. The normalized spacial score (nSPS) is 28.1. The molecular formula is C40H46F2N6O3. The fourth-order valence-corrected chi connectivity index (χ4v) is 8.95. The number of ether oxygens (including phenoxy) is 2. The number of aliphatic imine (C=N–C) groups is 3. The Bertz CT molecular complexity index is 1910. The average Bonchev–Trinajstić information content (AvgIpc) is 3.74. The number of nitrogens with zero attached hydrogens (tertiary/aromatic N) is 6. The van der Waals surface area contributed by atoms with Gasteiger partial charge in [0.25, 0.3) is 0 Å². The topological polar surface area (TPSA) is 82.3 Å². The number of rotatable bonds is 7. The van der Waals surface area contributed by atoms with Gasteiger partial charge in [-0.25, -0.2) is 18.6 Å². The van der Waals surface area contributed by atoms with Crippen molar-refractivity contribution < 1.29 is 23.0 Å². The van der Waals surface area contributed by atoms with Crippen molar-refractivity contribution in [2.45, 2.75) is 88.6 Å². The Morgan fingerprint density at radius 3 is 2.59 bits per heavy atom. The Balaban J connectivity index is 1.31. The number of fused-ring (bicyclic) bond motifs is 4. The SMILES string of the molecule is C#Cc1c(F)ccc2cccc(C3=C(F)C(=NCC45CCCN4[C@@H](COC)CC5)/C(=C(\N=C)N4CC5CCC(C4)N5C(=O)OC(C)(C)C)C=N3)c12. The standard InChI is InChI=1S/C40H46F2N6O3/c1-7-29-32(41)15-12-25-10-8-11-30(33(25)29)35-34(42)36(45-24-40-17-9-19-47(40)28(16-18-40)23-50-6)31(20-44-35)37(43-5)46-21-26-13-14-27(22-46)48(26)38(49)51-39(2,3)4/h1,8,10-12,15,20,26-28H,5,9,13-14,16-19,21-24H2,2-4,6H3/b37-31+,45-36?/t26?,27?,28-,40?/m1/s1. The molecule has 2 aromatic rings. The summed E-state index contributed by atoms with van der Waals surface area (Å²) in [7, 11) is 1.73. The monoisotopic (exact) mass is 696 g/mol. The molecule has 2 aromatic carbocycles. The summed E-state index contributed by atoms with van der Waals surface area (Å²) in [6, 6.07) is 8.39. The number of terminal acetylenes is 1. The van der Waals surface area contributed by atoms with Gasteiger partial charge in [0.1, 0.15) is 28.6 Å². The first-order valence-corrected chi connectivity index (χ1v) is 17.9. The van der Waals surface area contributed by atoms with Crippen LogP contribution in [0, 0.1) is 18.2 Å². The van der Waals surface area contributed by atoms with E-state index in [2.05, 4.69) is 32.4 Å². The van der Waals surface area contributed by atoms with E-state index in [0.717, 1.165) is 45.1 Å². The summed E-state index contributed by atoms with van der Waals surface area (Å²) in [6.07, 6.45) is 12.7. The van der Waals surface area contributed by atoms with Crippen molar-refractivity contribution in [3.05, 3.63) is 64.5 Å². The van der Waals surface area contributed by atoms with E-state index in [1.54, 1.807) is 31.5 Å². The molecule has 2 bridgehead atoms. The Labute approximate surface area is 298 Å². The summed E-state index contributed by atoms with van der Waals surface area (Å²) in [6.45, 7) is 12.5. The number of piperazine rings is 1. The van der Waals surface area contributed by atoms with E-state index < -0.39 is 17.2 Å². The third-order valence-electron chi connectivity index (χ3n) is 11.1. The molecule has 0 saturated carbocycles. The lowest BCUT2D eigenvalue weighted by Crippen LogP contribution is -2.56. The van der Waals surface area contributed by atoms with Crippen molar-refractivity contribution in [1.29, 1.82) is 0 Å². The summed E-state index contributed by atoms with van der Waals surface area (Å²) < 4.78 is 43.6. The molecule has 5 aliphatic rings. The molecule has 0 spiro atoms. The van der Waals surface area contributed by atoms with E-state index in [1.807, 2.05) is 31.7 Å². The lowest BCUT2D eigenvalue weighted by Gasteiger charge is -2.42. The van der Waals surface area contributed by atoms with Crippen LogP contribution < -0.4 is 0 Å². The van der Waals surface area contributed by atoms with Crippen LogP contribution in [-0.4, -0.2) is 109 Å². The van der Waals surface area contributed by atoms with Gasteiger partial charge in [-0.2, -0.15) is 0 Å². The lowest BCUT2D eigenvalue weighted by molar-refractivity contribution is -0.000493. The number of allylic oxidation sites excluding steroid dienone is 2. The fraction of sp³-hybridized carbons (Fsp3) is 0.500. The van der Waals surface area contributed by atoms with Gasteiger partial charge in [0.15, 0.2) is 5.83 Å². The minimum absolute atomic E-state index is 0.0351. The van der Waals surface area contributed by atoms with Crippen LogP contribution in [0.2, 0.25) is 0 Å². The molecule has 1 amide bonds. The van der Waals surface area contributed by atoms with Crippen LogP contribution in [0.5, 0.6) is 0 Å². The van der Waals surface area contributed by atoms with Gasteiger partial charge < -0.3 is 14.4 Å². The van der Waals surface area contributed by atoms with Gasteiger partial charge in [0.2, 0.25) is 0 Å². The number of hydrogen-bond acceptors (Lipinski definition) is 8. The molecule has 0 radical (unpaired) electrons. The van der Waals surface area contributed by atoms with Crippen molar-refractivity contribution in [2.75, 3.05) is 39.9 Å². The van der Waals surface area contributed by atoms with E-state index in [0.29, 0.717) is 60.0 Å². The minimum atomic E-state index is -0.629. The van der Waals surface area contributed by atoms with E-state index in [9.17, 15) is 9.18 Å². The molecule has 9 nitrogen and oxygen atoms in total. The Morgan fingerprint density at radius 1 is 1.14 bits per heavy atom. The number of hydrogen-bond donors (Lipinski definition) is 0. The molecule has 11 heteroatoms. The Morgan fingerprint density at radius 2 is 1.90 bits per heavy atom. The summed E-state index contributed by atoms with van der Waals surface area (Å²) >= 11 is 0.